The predicted molar refractivity (Wildman–Crippen MR) is 56.2 cm³/mol. The van der Waals surface area contributed by atoms with Crippen molar-refractivity contribution in [2.45, 2.75) is 40.0 Å². The zero-order chi connectivity index (χ0) is 8.91. The van der Waals surface area contributed by atoms with Gasteiger partial charge in [0.25, 0.3) is 0 Å². The van der Waals surface area contributed by atoms with E-state index in [0.717, 1.165) is 5.33 Å². The summed E-state index contributed by atoms with van der Waals surface area (Å²) >= 11 is 3.43. The molecule has 11 heavy (non-hydrogen) atoms. The molecule has 1 heteroatoms. The number of alkyl halides is 1. The Balaban J connectivity index is 3.64. The van der Waals surface area contributed by atoms with Crippen molar-refractivity contribution >= 4 is 15.9 Å². The Morgan fingerprint density at radius 2 is 1.91 bits per heavy atom. The molecule has 0 saturated heterocycles. The summed E-state index contributed by atoms with van der Waals surface area (Å²) in [6.07, 6.45) is 3.83. The summed E-state index contributed by atoms with van der Waals surface area (Å²) < 4.78 is 0. The molecule has 0 radical (unpaired) electrons. The summed E-state index contributed by atoms with van der Waals surface area (Å²) in [7, 11) is 0. The van der Waals surface area contributed by atoms with Crippen LogP contribution in [0.1, 0.15) is 40.0 Å². The highest BCUT2D eigenvalue weighted by molar-refractivity contribution is 9.09. The van der Waals surface area contributed by atoms with E-state index in [1.54, 1.807) is 0 Å². The van der Waals surface area contributed by atoms with Crippen LogP contribution in [0, 0.1) is 5.41 Å². The molecule has 0 aromatic rings. The highest BCUT2D eigenvalue weighted by atomic mass is 79.9. The first-order valence-electron chi connectivity index (χ1n) is 4.22. The minimum absolute atomic E-state index is 0.335. The molecule has 0 heterocycles. The average Bonchev–Trinajstić information content (AvgIpc) is 1.88. The topological polar surface area (TPSA) is 0 Å². The van der Waals surface area contributed by atoms with Gasteiger partial charge in [0, 0.05) is 5.33 Å². The van der Waals surface area contributed by atoms with Crippen LogP contribution in [0.25, 0.3) is 0 Å². The number of hydrogen-bond donors (Lipinski definition) is 0. The Morgan fingerprint density at radius 1 is 1.36 bits per heavy atom. The second-order valence-electron chi connectivity index (χ2n) is 3.81. The van der Waals surface area contributed by atoms with Crippen molar-refractivity contribution in [2.24, 2.45) is 5.41 Å². The van der Waals surface area contributed by atoms with E-state index in [2.05, 4.69) is 43.3 Å². The molecule has 0 aliphatic rings. The van der Waals surface area contributed by atoms with Crippen LogP contribution in [0.2, 0.25) is 0 Å². The molecule has 0 fully saturated rings. The molecular weight excluding hydrogens is 200 g/mol. The molecule has 0 aromatic heterocycles. The van der Waals surface area contributed by atoms with Crippen molar-refractivity contribution in [3.05, 3.63) is 12.2 Å². The Morgan fingerprint density at radius 3 is 2.27 bits per heavy atom. The van der Waals surface area contributed by atoms with Gasteiger partial charge < -0.3 is 0 Å². The number of rotatable bonds is 5. The number of unbranched alkanes of at least 4 members (excludes halogenated alkanes) is 1. The maximum Gasteiger partial charge on any atom is 0.00313 e. The molecule has 0 aliphatic carbocycles. The number of hydrogen-bond acceptors (Lipinski definition) is 0. The third kappa shape index (κ3) is 4.62. The second kappa shape index (κ2) is 4.97. The molecule has 0 nitrogen and oxygen atoms in total. The van der Waals surface area contributed by atoms with Gasteiger partial charge in [-0.2, -0.15) is 0 Å². The zero-order valence-electron chi connectivity index (χ0n) is 7.91. The molecule has 0 aliphatic heterocycles. The Bertz CT molecular complexity index is 125. The van der Waals surface area contributed by atoms with Gasteiger partial charge in [-0.1, -0.05) is 48.4 Å². The standard InChI is InChI=1S/C10H19Br/c1-9(2)10(3,4)7-5-6-8-11/h1,5-8H2,2-4H3. The van der Waals surface area contributed by atoms with Gasteiger partial charge in [0.1, 0.15) is 0 Å². The third-order valence-corrected chi connectivity index (χ3v) is 2.90. The number of halogens is 1. The van der Waals surface area contributed by atoms with Crippen LogP contribution in [-0.2, 0) is 0 Å². The van der Waals surface area contributed by atoms with Crippen molar-refractivity contribution in [2.75, 3.05) is 5.33 Å². The molecule has 0 saturated carbocycles. The van der Waals surface area contributed by atoms with Crippen molar-refractivity contribution < 1.29 is 0 Å². The van der Waals surface area contributed by atoms with Gasteiger partial charge in [0.2, 0.25) is 0 Å². The van der Waals surface area contributed by atoms with E-state index >= 15 is 0 Å². The summed E-state index contributed by atoms with van der Waals surface area (Å²) in [6, 6.07) is 0. The fourth-order valence-corrected chi connectivity index (χ4v) is 1.27. The first-order chi connectivity index (χ1) is 5.00. The SMILES string of the molecule is C=C(C)C(C)(C)CCCCBr. The van der Waals surface area contributed by atoms with E-state index in [9.17, 15) is 0 Å². The average molecular weight is 219 g/mol. The van der Waals surface area contributed by atoms with Gasteiger partial charge in [0.05, 0.1) is 0 Å². The number of allylic oxidation sites excluding steroid dienone is 1. The fourth-order valence-electron chi connectivity index (χ4n) is 0.875. The smallest absolute Gasteiger partial charge is 0.00313 e. The first-order valence-corrected chi connectivity index (χ1v) is 5.35. The van der Waals surface area contributed by atoms with Crippen LogP contribution in [0.4, 0.5) is 0 Å². The monoisotopic (exact) mass is 218 g/mol. The maximum atomic E-state index is 3.99. The molecule has 0 amide bonds. The molecular formula is C10H19Br. The van der Waals surface area contributed by atoms with Gasteiger partial charge in [-0.25, -0.2) is 0 Å². The highest BCUT2D eigenvalue weighted by Crippen LogP contribution is 2.30. The van der Waals surface area contributed by atoms with Crippen molar-refractivity contribution in [1.29, 1.82) is 0 Å². The minimum atomic E-state index is 0.335. The van der Waals surface area contributed by atoms with Gasteiger partial charge in [-0.05, 0) is 25.2 Å². The van der Waals surface area contributed by atoms with Crippen molar-refractivity contribution in [3.8, 4) is 0 Å². The van der Waals surface area contributed by atoms with Crippen LogP contribution in [-0.4, -0.2) is 5.33 Å². The van der Waals surface area contributed by atoms with E-state index in [0.29, 0.717) is 5.41 Å². The van der Waals surface area contributed by atoms with Gasteiger partial charge in [-0.3, -0.25) is 0 Å². The summed E-state index contributed by atoms with van der Waals surface area (Å²) in [4.78, 5) is 0. The van der Waals surface area contributed by atoms with Gasteiger partial charge in [0.15, 0.2) is 0 Å². The summed E-state index contributed by atoms with van der Waals surface area (Å²) in [5.74, 6) is 0. The highest BCUT2D eigenvalue weighted by Gasteiger charge is 2.17. The third-order valence-electron chi connectivity index (χ3n) is 2.34. The molecule has 0 N–H and O–H groups in total. The van der Waals surface area contributed by atoms with Crippen LogP contribution < -0.4 is 0 Å². The van der Waals surface area contributed by atoms with Crippen LogP contribution in [0.3, 0.4) is 0 Å². The molecule has 0 bridgehead atoms. The molecule has 0 unspecified atom stereocenters. The molecule has 66 valence electrons. The van der Waals surface area contributed by atoms with Gasteiger partial charge >= 0.3 is 0 Å². The Hall–Kier alpha value is 0.220. The maximum absolute atomic E-state index is 3.99. The molecule has 0 atom stereocenters. The van der Waals surface area contributed by atoms with Crippen molar-refractivity contribution in [1.82, 2.24) is 0 Å². The molecule has 0 rings (SSSR count). The minimum Gasteiger partial charge on any atom is -0.0996 e. The summed E-state index contributed by atoms with van der Waals surface area (Å²) in [6.45, 7) is 10.6. The van der Waals surface area contributed by atoms with Crippen molar-refractivity contribution in [3.63, 3.8) is 0 Å². The predicted octanol–water partition coefficient (Wildman–Crippen LogP) is 4.15. The quantitative estimate of drug-likeness (QED) is 0.370. The van der Waals surface area contributed by atoms with E-state index in [-0.39, 0.29) is 0 Å². The van der Waals surface area contributed by atoms with E-state index < -0.39 is 0 Å². The van der Waals surface area contributed by atoms with E-state index in [1.807, 2.05) is 0 Å². The zero-order valence-corrected chi connectivity index (χ0v) is 9.50. The van der Waals surface area contributed by atoms with Crippen LogP contribution >= 0.6 is 15.9 Å². The van der Waals surface area contributed by atoms with Crippen LogP contribution in [0.5, 0.6) is 0 Å². The molecule has 0 spiro atoms. The van der Waals surface area contributed by atoms with E-state index in [4.69, 9.17) is 0 Å². The molecule has 0 aromatic carbocycles. The Kier molecular flexibility index (Phi) is 5.07. The second-order valence-corrected chi connectivity index (χ2v) is 4.60. The lowest BCUT2D eigenvalue weighted by molar-refractivity contribution is 0.394. The lowest BCUT2D eigenvalue weighted by atomic mass is 9.81. The Labute approximate surface area is 79.2 Å². The normalized spacial score (nSPS) is 11.6. The van der Waals surface area contributed by atoms with E-state index in [1.165, 1.54) is 24.8 Å². The lowest BCUT2D eigenvalue weighted by Crippen LogP contribution is -2.11. The largest absolute Gasteiger partial charge is 0.0996 e. The van der Waals surface area contributed by atoms with Gasteiger partial charge in [-0.15, -0.1) is 0 Å². The van der Waals surface area contributed by atoms with Crippen LogP contribution in [0.15, 0.2) is 12.2 Å². The summed E-state index contributed by atoms with van der Waals surface area (Å²) in [5.41, 5.74) is 1.63. The lowest BCUT2D eigenvalue weighted by Gasteiger charge is -2.24. The summed E-state index contributed by atoms with van der Waals surface area (Å²) in [5, 5.41) is 1.12. The fraction of sp³-hybridized carbons (Fsp3) is 0.800. The first kappa shape index (κ1) is 11.2.